The molecule has 0 spiro atoms. The Morgan fingerprint density at radius 3 is 2.56 bits per heavy atom. The number of benzene rings is 1. The van der Waals surface area contributed by atoms with Crippen LogP contribution in [-0.2, 0) is 16.0 Å². The third kappa shape index (κ3) is 6.26. The van der Waals surface area contributed by atoms with E-state index in [0.717, 1.165) is 24.2 Å². The van der Waals surface area contributed by atoms with Crippen LogP contribution in [0.2, 0.25) is 5.02 Å². The second-order valence-electron chi connectivity index (χ2n) is 9.01. The van der Waals surface area contributed by atoms with E-state index in [4.69, 9.17) is 16.3 Å². The highest BCUT2D eigenvalue weighted by molar-refractivity contribution is 7.10. The molecular formula is C25H33ClN2O3S. The van der Waals surface area contributed by atoms with Crippen LogP contribution in [0.15, 0.2) is 35.7 Å². The lowest BCUT2D eigenvalue weighted by atomic mass is 10.00. The van der Waals surface area contributed by atoms with Gasteiger partial charge >= 0.3 is 0 Å². The van der Waals surface area contributed by atoms with Crippen molar-refractivity contribution in [3.8, 4) is 5.75 Å². The van der Waals surface area contributed by atoms with Crippen molar-refractivity contribution < 1.29 is 14.3 Å². The van der Waals surface area contributed by atoms with Gasteiger partial charge < -0.3 is 14.5 Å². The minimum atomic E-state index is -0.172. The molecule has 2 aromatic rings. The quantitative estimate of drug-likeness (QED) is 0.484. The zero-order valence-corrected chi connectivity index (χ0v) is 20.9. The predicted molar refractivity (Wildman–Crippen MR) is 130 cm³/mol. The van der Waals surface area contributed by atoms with Crippen molar-refractivity contribution in [2.75, 3.05) is 26.2 Å². The summed E-state index contributed by atoms with van der Waals surface area (Å²) < 4.78 is 6.05. The van der Waals surface area contributed by atoms with Crippen LogP contribution in [0, 0.1) is 11.8 Å². The van der Waals surface area contributed by atoms with Crippen molar-refractivity contribution >= 4 is 34.8 Å². The number of amides is 2. The zero-order chi connectivity index (χ0) is 23.3. The lowest BCUT2D eigenvalue weighted by Crippen LogP contribution is -2.48. The van der Waals surface area contributed by atoms with Crippen LogP contribution in [-0.4, -0.2) is 47.9 Å². The molecule has 1 aliphatic heterocycles. The van der Waals surface area contributed by atoms with Gasteiger partial charge in [-0.15, -0.1) is 11.3 Å². The van der Waals surface area contributed by atoms with Crippen LogP contribution >= 0.6 is 22.9 Å². The van der Waals surface area contributed by atoms with Crippen LogP contribution in [0.1, 0.15) is 50.6 Å². The minimum Gasteiger partial charge on any atom is -0.491 e. The summed E-state index contributed by atoms with van der Waals surface area (Å²) >= 11 is 7.70. The third-order valence-corrected chi connectivity index (χ3v) is 6.99. The summed E-state index contributed by atoms with van der Waals surface area (Å²) in [5.41, 5.74) is 1.15. The van der Waals surface area contributed by atoms with Gasteiger partial charge in [-0.3, -0.25) is 9.59 Å². The molecular weight excluding hydrogens is 444 g/mol. The van der Waals surface area contributed by atoms with Gasteiger partial charge in [0.05, 0.1) is 12.6 Å². The standard InChI is InChI=1S/C25H33ClN2O3S/c1-17(2)9-12-27(25(30)18(3)4)15-24(29)28-13-10-23-21(11-14-32-23)22(28)16-31-20-7-5-19(26)6-8-20/h5-8,11,14,17-18,22H,9-10,12-13,15-16H2,1-4H3/t22-/m1/s1. The van der Waals surface area contributed by atoms with E-state index in [2.05, 4.69) is 25.3 Å². The average molecular weight is 477 g/mol. The molecule has 0 fully saturated rings. The van der Waals surface area contributed by atoms with E-state index in [1.807, 2.05) is 30.9 Å². The first-order valence-corrected chi connectivity index (χ1v) is 12.5. The molecule has 1 aliphatic rings. The summed E-state index contributed by atoms with van der Waals surface area (Å²) in [4.78, 5) is 31.1. The molecule has 2 amide bonds. The summed E-state index contributed by atoms with van der Waals surface area (Å²) in [6.07, 6.45) is 1.71. The molecule has 2 heterocycles. The summed E-state index contributed by atoms with van der Waals surface area (Å²) in [5, 5.41) is 2.73. The molecule has 5 nitrogen and oxygen atoms in total. The second kappa shape index (κ2) is 11.2. The Morgan fingerprint density at radius 1 is 1.19 bits per heavy atom. The number of carbonyl (C=O) groups excluding carboxylic acids is 2. The number of hydrogen-bond acceptors (Lipinski definition) is 4. The van der Waals surface area contributed by atoms with E-state index in [1.165, 1.54) is 4.88 Å². The van der Waals surface area contributed by atoms with Crippen molar-refractivity contribution in [2.24, 2.45) is 11.8 Å². The summed E-state index contributed by atoms with van der Waals surface area (Å²) in [6, 6.07) is 9.17. The van der Waals surface area contributed by atoms with Gasteiger partial charge in [-0.2, -0.15) is 0 Å². The molecule has 7 heteroatoms. The van der Waals surface area contributed by atoms with E-state index in [-0.39, 0.29) is 30.3 Å². The smallest absolute Gasteiger partial charge is 0.242 e. The number of halogens is 1. The topological polar surface area (TPSA) is 49.9 Å². The second-order valence-corrected chi connectivity index (χ2v) is 10.5. The molecule has 0 saturated carbocycles. The molecule has 32 heavy (non-hydrogen) atoms. The highest BCUT2D eigenvalue weighted by Gasteiger charge is 2.33. The normalized spacial score (nSPS) is 15.7. The Morgan fingerprint density at radius 2 is 1.91 bits per heavy atom. The lowest BCUT2D eigenvalue weighted by molar-refractivity contribution is -0.144. The van der Waals surface area contributed by atoms with Crippen molar-refractivity contribution in [1.29, 1.82) is 0 Å². The van der Waals surface area contributed by atoms with E-state index in [0.29, 0.717) is 30.6 Å². The summed E-state index contributed by atoms with van der Waals surface area (Å²) in [7, 11) is 0. The van der Waals surface area contributed by atoms with Gasteiger partial charge in [-0.1, -0.05) is 39.3 Å². The Kier molecular flexibility index (Phi) is 8.60. The lowest BCUT2D eigenvalue weighted by Gasteiger charge is -2.37. The number of thiophene rings is 1. The van der Waals surface area contributed by atoms with Crippen LogP contribution in [0.4, 0.5) is 0 Å². The van der Waals surface area contributed by atoms with Gasteiger partial charge in [0, 0.05) is 28.9 Å². The van der Waals surface area contributed by atoms with E-state index < -0.39 is 0 Å². The predicted octanol–water partition coefficient (Wildman–Crippen LogP) is 5.44. The Labute approximate surface area is 200 Å². The monoisotopic (exact) mass is 476 g/mol. The van der Waals surface area contributed by atoms with Crippen molar-refractivity contribution in [2.45, 2.75) is 46.6 Å². The molecule has 1 atom stereocenters. The molecule has 0 N–H and O–H groups in total. The number of carbonyl (C=O) groups is 2. The Balaban J connectivity index is 1.75. The maximum absolute atomic E-state index is 13.4. The first-order chi connectivity index (χ1) is 15.3. The first-order valence-electron chi connectivity index (χ1n) is 11.3. The zero-order valence-electron chi connectivity index (χ0n) is 19.3. The Hall–Kier alpha value is -2.05. The minimum absolute atomic E-state index is 0.0238. The molecule has 174 valence electrons. The van der Waals surface area contributed by atoms with Crippen molar-refractivity contribution in [3.63, 3.8) is 0 Å². The SMILES string of the molecule is CC(C)CCN(CC(=O)N1CCc2sccc2[C@H]1COc1ccc(Cl)cc1)C(=O)C(C)C. The molecule has 0 saturated heterocycles. The van der Waals surface area contributed by atoms with Crippen LogP contribution in [0.5, 0.6) is 5.75 Å². The fourth-order valence-electron chi connectivity index (χ4n) is 3.88. The summed E-state index contributed by atoms with van der Waals surface area (Å²) in [6.45, 7) is 9.74. The number of hydrogen-bond donors (Lipinski definition) is 0. The van der Waals surface area contributed by atoms with Gasteiger partial charge in [0.15, 0.2) is 0 Å². The molecule has 0 radical (unpaired) electrons. The number of nitrogens with zero attached hydrogens (tertiary/aromatic N) is 2. The molecule has 0 aliphatic carbocycles. The van der Waals surface area contributed by atoms with Gasteiger partial charge in [-0.25, -0.2) is 0 Å². The highest BCUT2D eigenvalue weighted by Crippen LogP contribution is 2.34. The van der Waals surface area contributed by atoms with Gasteiger partial charge in [0.2, 0.25) is 11.8 Å². The number of rotatable bonds is 9. The van der Waals surface area contributed by atoms with Gasteiger partial charge in [-0.05, 0) is 60.0 Å². The van der Waals surface area contributed by atoms with Crippen LogP contribution in [0.3, 0.4) is 0 Å². The van der Waals surface area contributed by atoms with Gasteiger partial charge in [0.1, 0.15) is 12.4 Å². The van der Waals surface area contributed by atoms with Crippen LogP contribution < -0.4 is 4.74 Å². The largest absolute Gasteiger partial charge is 0.491 e. The summed E-state index contributed by atoms with van der Waals surface area (Å²) in [5.74, 6) is 1.06. The molecule has 0 unspecified atom stereocenters. The number of ether oxygens (including phenoxy) is 1. The molecule has 1 aromatic heterocycles. The fourth-order valence-corrected chi connectivity index (χ4v) is 4.94. The van der Waals surface area contributed by atoms with Gasteiger partial charge in [0.25, 0.3) is 0 Å². The highest BCUT2D eigenvalue weighted by atomic mass is 35.5. The molecule has 1 aromatic carbocycles. The average Bonchev–Trinajstić information content (AvgIpc) is 3.24. The Bertz CT molecular complexity index is 910. The first kappa shape index (κ1) is 24.6. The molecule has 3 rings (SSSR count). The number of fused-ring (bicyclic) bond motifs is 1. The maximum atomic E-state index is 13.4. The van der Waals surface area contributed by atoms with Crippen LogP contribution in [0.25, 0.3) is 0 Å². The third-order valence-electron chi connectivity index (χ3n) is 5.74. The van der Waals surface area contributed by atoms with E-state index in [9.17, 15) is 9.59 Å². The maximum Gasteiger partial charge on any atom is 0.242 e. The van der Waals surface area contributed by atoms with Crippen molar-refractivity contribution in [3.05, 3.63) is 51.2 Å². The fraction of sp³-hybridized carbons (Fsp3) is 0.520. The van der Waals surface area contributed by atoms with Crippen molar-refractivity contribution in [1.82, 2.24) is 9.80 Å². The molecule has 0 bridgehead atoms. The van der Waals surface area contributed by atoms with E-state index in [1.54, 1.807) is 28.4 Å². The van der Waals surface area contributed by atoms with E-state index >= 15 is 0 Å².